The number of sulfonamides is 1. The van der Waals surface area contributed by atoms with E-state index in [0.717, 1.165) is 35.3 Å². The second-order valence-electron chi connectivity index (χ2n) is 8.89. The molecule has 7 nitrogen and oxygen atoms in total. The van der Waals surface area contributed by atoms with Crippen molar-refractivity contribution in [1.29, 1.82) is 0 Å². The monoisotopic (exact) mass is 454 g/mol. The molecule has 1 aliphatic heterocycles. The van der Waals surface area contributed by atoms with Crippen LogP contribution in [0.3, 0.4) is 0 Å². The summed E-state index contributed by atoms with van der Waals surface area (Å²) >= 11 is 0. The highest BCUT2D eigenvalue weighted by atomic mass is 32.2. The Morgan fingerprint density at radius 2 is 1.88 bits per heavy atom. The van der Waals surface area contributed by atoms with E-state index >= 15 is 0 Å². The summed E-state index contributed by atoms with van der Waals surface area (Å²) in [5.41, 5.74) is 4.50. The Morgan fingerprint density at radius 3 is 2.59 bits per heavy atom. The Morgan fingerprint density at radius 1 is 1.16 bits per heavy atom. The lowest BCUT2D eigenvalue weighted by Crippen LogP contribution is -2.38. The Kier molecular flexibility index (Phi) is 6.09. The van der Waals surface area contributed by atoms with Crippen LogP contribution in [-0.4, -0.2) is 41.1 Å². The Labute approximate surface area is 189 Å². The van der Waals surface area contributed by atoms with Crippen LogP contribution in [0.15, 0.2) is 41.6 Å². The van der Waals surface area contributed by atoms with E-state index in [4.69, 9.17) is 0 Å². The molecule has 0 bridgehead atoms. The Bertz CT molecular complexity index is 1270. The van der Waals surface area contributed by atoms with Gasteiger partial charge in [0.1, 0.15) is 5.65 Å². The fourth-order valence-corrected chi connectivity index (χ4v) is 5.88. The third-order valence-electron chi connectivity index (χ3n) is 6.34. The number of imidazole rings is 1. The van der Waals surface area contributed by atoms with E-state index in [-0.39, 0.29) is 17.3 Å². The van der Waals surface area contributed by atoms with Gasteiger partial charge in [-0.05, 0) is 80.5 Å². The number of aryl methyl sites for hydroxylation is 2. The van der Waals surface area contributed by atoms with Gasteiger partial charge in [-0.2, -0.15) is 4.31 Å². The maximum absolute atomic E-state index is 13.3. The van der Waals surface area contributed by atoms with E-state index in [1.807, 2.05) is 42.8 Å². The number of fused-ring (bicyclic) bond motifs is 1. The molecule has 2 aromatic heterocycles. The van der Waals surface area contributed by atoms with Crippen molar-refractivity contribution >= 4 is 21.6 Å². The molecule has 1 aromatic carbocycles. The number of hydrogen-bond donors (Lipinski definition) is 1. The van der Waals surface area contributed by atoms with Crippen molar-refractivity contribution in [1.82, 2.24) is 19.0 Å². The van der Waals surface area contributed by atoms with Gasteiger partial charge in [0.15, 0.2) is 0 Å². The van der Waals surface area contributed by atoms with Gasteiger partial charge in [-0.1, -0.05) is 6.92 Å². The van der Waals surface area contributed by atoms with Crippen LogP contribution >= 0.6 is 0 Å². The van der Waals surface area contributed by atoms with E-state index in [2.05, 4.69) is 17.2 Å². The van der Waals surface area contributed by atoms with Gasteiger partial charge in [0, 0.05) is 31.0 Å². The normalized spacial score (nSPS) is 15.9. The van der Waals surface area contributed by atoms with Crippen molar-refractivity contribution in [3.63, 3.8) is 0 Å². The standard InChI is InChI=1S/C24H30N4O3S/c1-16-6-9-28(10-7-16)32(30,31)22-13-20(12-18(3)19(22)4)24(29)25-14-21-15-27-8-5-17(2)11-23(27)26-21/h5,8,11-13,15-16H,6-7,9-10,14H2,1-4H3,(H,25,29). The number of piperidine rings is 1. The molecule has 0 aliphatic carbocycles. The van der Waals surface area contributed by atoms with Crippen LogP contribution in [-0.2, 0) is 16.6 Å². The second-order valence-corrected chi connectivity index (χ2v) is 10.8. The number of hydrogen-bond acceptors (Lipinski definition) is 4. The van der Waals surface area contributed by atoms with Crippen molar-refractivity contribution < 1.29 is 13.2 Å². The van der Waals surface area contributed by atoms with Crippen molar-refractivity contribution in [2.75, 3.05) is 13.1 Å². The van der Waals surface area contributed by atoms with Crippen molar-refractivity contribution in [2.24, 2.45) is 5.92 Å². The first kappa shape index (κ1) is 22.5. The zero-order valence-corrected chi connectivity index (χ0v) is 19.9. The molecule has 32 heavy (non-hydrogen) atoms. The van der Waals surface area contributed by atoms with Gasteiger partial charge in [0.05, 0.1) is 17.1 Å². The van der Waals surface area contributed by atoms with Crippen LogP contribution in [0.25, 0.3) is 5.65 Å². The second kappa shape index (κ2) is 8.67. The number of pyridine rings is 1. The van der Waals surface area contributed by atoms with Gasteiger partial charge in [-0.25, -0.2) is 13.4 Å². The highest BCUT2D eigenvalue weighted by Crippen LogP contribution is 2.28. The molecule has 1 aliphatic rings. The molecule has 1 saturated heterocycles. The van der Waals surface area contributed by atoms with Gasteiger partial charge in [0.25, 0.3) is 5.91 Å². The molecule has 0 unspecified atom stereocenters. The summed E-state index contributed by atoms with van der Waals surface area (Å²) < 4.78 is 30.1. The van der Waals surface area contributed by atoms with Gasteiger partial charge < -0.3 is 9.72 Å². The van der Waals surface area contributed by atoms with E-state index in [9.17, 15) is 13.2 Å². The molecule has 0 spiro atoms. The van der Waals surface area contributed by atoms with Crippen molar-refractivity contribution in [3.05, 3.63) is 64.6 Å². The number of aromatic nitrogens is 2. The lowest BCUT2D eigenvalue weighted by Gasteiger charge is -2.30. The van der Waals surface area contributed by atoms with Crippen LogP contribution in [0.4, 0.5) is 0 Å². The lowest BCUT2D eigenvalue weighted by molar-refractivity contribution is 0.0950. The zero-order valence-electron chi connectivity index (χ0n) is 19.1. The summed E-state index contributed by atoms with van der Waals surface area (Å²) in [5, 5.41) is 2.88. The first-order chi connectivity index (χ1) is 15.1. The smallest absolute Gasteiger partial charge is 0.251 e. The maximum Gasteiger partial charge on any atom is 0.251 e. The van der Waals surface area contributed by atoms with E-state index in [1.165, 1.54) is 6.07 Å². The number of carbonyl (C=O) groups is 1. The predicted molar refractivity (Wildman–Crippen MR) is 124 cm³/mol. The van der Waals surface area contributed by atoms with Crippen LogP contribution in [0, 0.1) is 26.7 Å². The quantitative estimate of drug-likeness (QED) is 0.638. The summed E-state index contributed by atoms with van der Waals surface area (Å²) in [6, 6.07) is 7.23. The molecule has 4 rings (SSSR count). The Hall–Kier alpha value is -2.71. The first-order valence-corrected chi connectivity index (χ1v) is 12.4. The molecule has 8 heteroatoms. The maximum atomic E-state index is 13.3. The van der Waals surface area contributed by atoms with Crippen LogP contribution in [0.1, 0.15) is 52.5 Å². The molecule has 0 saturated carbocycles. The number of nitrogens with zero attached hydrogens (tertiary/aromatic N) is 3. The number of amides is 1. The average molecular weight is 455 g/mol. The largest absolute Gasteiger partial charge is 0.346 e. The molecule has 0 radical (unpaired) electrons. The number of nitrogens with one attached hydrogen (secondary N) is 1. The van der Waals surface area contributed by atoms with Gasteiger partial charge in [0.2, 0.25) is 10.0 Å². The summed E-state index contributed by atoms with van der Waals surface area (Å²) in [6.07, 6.45) is 5.53. The minimum atomic E-state index is -3.65. The number of rotatable bonds is 5. The molecule has 1 N–H and O–H groups in total. The third kappa shape index (κ3) is 4.42. The Balaban J connectivity index is 1.55. The lowest BCUT2D eigenvalue weighted by atomic mass is 10.0. The number of benzene rings is 1. The fourth-order valence-electron chi connectivity index (χ4n) is 4.08. The molecule has 170 valence electrons. The van der Waals surface area contributed by atoms with Gasteiger partial charge in [-0.15, -0.1) is 0 Å². The van der Waals surface area contributed by atoms with E-state index < -0.39 is 10.0 Å². The SMILES string of the molecule is Cc1ccn2cc(CNC(=O)c3cc(C)c(C)c(S(=O)(=O)N4CCC(C)CC4)c3)nc2c1. The predicted octanol–water partition coefficient (Wildman–Crippen LogP) is 3.61. The molecule has 1 amide bonds. The van der Waals surface area contributed by atoms with Crippen molar-refractivity contribution in [2.45, 2.75) is 52.0 Å². The average Bonchev–Trinajstić information content (AvgIpc) is 3.16. The minimum absolute atomic E-state index is 0.223. The molecular weight excluding hydrogens is 424 g/mol. The molecule has 3 aromatic rings. The summed E-state index contributed by atoms with van der Waals surface area (Å²) in [5.74, 6) is 0.218. The zero-order chi connectivity index (χ0) is 23.0. The third-order valence-corrected chi connectivity index (χ3v) is 8.36. The van der Waals surface area contributed by atoms with Gasteiger partial charge in [-0.3, -0.25) is 4.79 Å². The summed E-state index contributed by atoms with van der Waals surface area (Å²) in [6.45, 7) is 9.10. The first-order valence-electron chi connectivity index (χ1n) is 11.0. The topological polar surface area (TPSA) is 83.8 Å². The van der Waals surface area contributed by atoms with E-state index in [0.29, 0.717) is 30.1 Å². The van der Waals surface area contributed by atoms with Crippen LogP contribution in [0.5, 0.6) is 0 Å². The van der Waals surface area contributed by atoms with E-state index in [1.54, 1.807) is 17.3 Å². The minimum Gasteiger partial charge on any atom is -0.346 e. The van der Waals surface area contributed by atoms with Crippen LogP contribution < -0.4 is 5.32 Å². The molecule has 1 fully saturated rings. The highest BCUT2D eigenvalue weighted by molar-refractivity contribution is 7.89. The van der Waals surface area contributed by atoms with Gasteiger partial charge >= 0.3 is 0 Å². The molecular formula is C24H30N4O3S. The van der Waals surface area contributed by atoms with Crippen LogP contribution in [0.2, 0.25) is 0 Å². The molecule has 0 atom stereocenters. The highest BCUT2D eigenvalue weighted by Gasteiger charge is 2.30. The summed E-state index contributed by atoms with van der Waals surface area (Å²) in [4.78, 5) is 17.7. The summed E-state index contributed by atoms with van der Waals surface area (Å²) in [7, 11) is -3.65. The van der Waals surface area contributed by atoms with Crippen molar-refractivity contribution in [3.8, 4) is 0 Å². The fraction of sp³-hybridized carbons (Fsp3) is 0.417. The molecule has 3 heterocycles. The number of carbonyl (C=O) groups excluding carboxylic acids is 1.